The average molecular weight is 252 g/mol. The van der Waals surface area contributed by atoms with Crippen LogP contribution in [0.25, 0.3) is 0 Å². The Hall–Kier alpha value is -0.570. The monoisotopic (exact) mass is 251 g/mol. The summed E-state index contributed by atoms with van der Waals surface area (Å²) in [6.07, 6.45) is 4.82. The summed E-state index contributed by atoms with van der Waals surface area (Å²) in [7, 11) is 0. The molecule has 1 aromatic rings. The van der Waals surface area contributed by atoms with E-state index in [9.17, 15) is 0 Å². The number of rotatable bonds is 3. The molecule has 0 amide bonds. The van der Waals surface area contributed by atoms with E-state index in [-0.39, 0.29) is 5.54 Å². The molecule has 2 nitrogen and oxygen atoms in total. The molecule has 1 aromatic carbocycles. The van der Waals surface area contributed by atoms with Crippen LogP contribution in [0.1, 0.15) is 31.2 Å². The van der Waals surface area contributed by atoms with Crippen LogP contribution in [0.2, 0.25) is 5.02 Å². The van der Waals surface area contributed by atoms with Crippen molar-refractivity contribution in [2.45, 2.75) is 37.3 Å². The Labute approximate surface area is 107 Å². The number of benzene rings is 1. The second-order valence-electron chi connectivity index (χ2n) is 5.15. The fourth-order valence-electron chi connectivity index (χ4n) is 2.67. The molecule has 0 radical (unpaired) electrons. The van der Waals surface area contributed by atoms with Crippen LogP contribution in [0.3, 0.4) is 0 Å². The largest absolute Gasteiger partial charge is 0.380 e. The zero-order valence-corrected chi connectivity index (χ0v) is 10.7. The molecule has 1 saturated heterocycles. The predicted molar refractivity (Wildman–Crippen MR) is 69.3 cm³/mol. The predicted octanol–water partition coefficient (Wildman–Crippen LogP) is 3.10. The first-order valence-electron chi connectivity index (χ1n) is 6.40. The molecule has 1 aliphatic carbocycles. The Kier molecular flexibility index (Phi) is 3.12. The molecule has 2 aliphatic rings. The average Bonchev–Trinajstić information content (AvgIpc) is 3.11. The summed E-state index contributed by atoms with van der Waals surface area (Å²) in [5, 5.41) is 4.60. The molecule has 92 valence electrons. The highest BCUT2D eigenvalue weighted by Crippen LogP contribution is 2.46. The lowest BCUT2D eigenvalue weighted by atomic mass is 10.0. The molecular weight excluding hydrogens is 234 g/mol. The third kappa shape index (κ3) is 2.49. The highest BCUT2D eigenvalue weighted by molar-refractivity contribution is 6.30. The molecule has 1 N–H and O–H groups in total. The van der Waals surface area contributed by atoms with E-state index in [1.165, 1.54) is 31.2 Å². The normalized spacial score (nSPS) is 26.8. The van der Waals surface area contributed by atoms with Crippen LogP contribution < -0.4 is 5.32 Å². The Bertz CT molecular complexity index is 397. The van der Waals surface area contributed by atoms with Gasteiger partial charge in [0.25, 0.3) is 0 Å². The summed E-state index contributed by atoms with van der Waals surface area (Å²) >= 11 is 6.07. The molecular formula is C14H18ClNO. The van der Waals surface area contributed by atoms with E-state index in [0.29, 0.717) is 6.04 Å². The van der Waals surface area contributed by atoms with Crippen molar-refractivity contribution in [2.75, 3.05) is 13.2 Å². The van der Waals surface area contributed by atoms with E-state index in [1.807, 2.05) is 12.1 Å². The van der Waals surface area contributed by atoms with Crippen LogP contribution in [0.4, 0.5) is 0 Å². The van der Waals surface area contributed by atoms with Crippen molar-refractivity contribution in [3.8, 4) is 0 Å². The summed E-state index contributed by atoms with van der Waals surface area (Å²) < 4.78 is 5.53. The molecule has 0 aromatic heterocycles. The lowest BCUT2D eigenvalue weighted by Gasteiger charge is -2.29. The first-order chi connectivity index (χ1) is 8.28. The van der Waals surface area contributed by atoms with Gasteiger partial charge in [-0.1, -0.05) is 23.7 Å². The van der Waals surface area contributed by atoms with E-state index in [2.05, 4.69) is 17.4 Å². The fraction of sp³-hybridized carbons (Fsp3) is 0.571. The van der Waals surface area contributed by atoms with Crippen LogP contribution in [0, 0.1) is 0 Å². The van der Waals surface area contributed by atoms with Crippen molar-refractivity contribution in [3.63, 3.8) is 0 Å². The van der Waals surface area contributed by atoms with Crippen molar-refractivity contribution < 1.29 is 4.74 Å². The Balaban J connectivity index is 1.73. The smallest absolute Gasteiger partial charge is 0.0619 e. The van der Waals surface area contributed by atoms with Gasteiger partial charge in [0.1, 0.15) is 0 Å². The summed E-state index contributed by atoms with van der Waals surface area (Å²) in [6.45, 7) is 1.77. The number of nitrogens with one attached hydrogen (secondary N) is 1. The van der Waals surface area contributed by atoms with Crippen molar-refractivity contribution in [1.29, 1.82) is 0 Å². The fourth-order valence-corrected chi connectivity index (χ4v) is 2.86. The van der Waals surface area contributed by atoms with Gasteiger partial charge < -0.3 is 10.1 Å². The summed E-state index contributed by atoms with van der Waals surface area (Å²) in [5.41, 5.74) is 1.51. The number of hydrogen-bond acceptors (Lipinski definition) is 2. The van der Waals surface area contributed by atoms with Crippen LogP contribution in [-0.2, 0) is 10.3 Å². The van der Waals surface area contributed by atoms with Gasteiger partial charge in [0.2, 0.25) is 0 Å². The minimum atomic E-state index is 0.177. The molecule has 1 heterocycles. The Morgan fingerprint density at radius 2 is 2.24 bits per heavy atom. The van der Waals surface area contributed by atoms with Crippen LogP contribution in [0.5, 0.6) is 0 Å². The van der Waals surface area contributed by atoms with E-state index in [1.54, 1.807) is 0 Å². The van der Waals surface area contributed by atoms with Crippen molar-refractivity contribution in [1.82, 2.24) is 5.32 Å². The standard InChI is InChI=1S/C14H18ClNO/c15-12-4-1-3-11(9-12)14(6-7-14)16-13-5-2-8-17-10-13/h1,3-4,9,13,16H,2,5-8,10H2/t13-/m0/s1. The van der Waals surface area contributed by atoms with E-state index in [4.69, 9.17) is 16.3 Å². The van der Waals surface area contributed by atoms with Crippen LogP contribution >= 0.6 is 11.6 Å². The zero-order chi connectivity index (χ0) is 11.7. The van der Waals surface area contributed by atoms with Gasteiger partial charge in [-0.15, -0.1) is 0 Å². The van der Waals surface area contributed by atoms with E-state index in [0.717, 1.165) is 18.2 Å². The lowest BCUT2D eigenvalue weighted by Crippen LogP contribution is -2.43. The molecule has 3 heteroatoms. The van der Waals surface area contributed by atoms with Crippen molar-refractivity contribution in [3.05, 3.63) is 34.9 Å². The quantitative estimate of drug-likeness (QED) is 0.892. The number of halogens is 1. The van der Waals surface area contributed by atoms with Gasteiger partial charge >= 0.3 is 0 Å². The van der Waals surface area contributed by atoms with Crippen molar-refractivity contribution >= 4 is 11.6 Å². The van der Waals surface area contributed by atoms with Crippen LogP contribution in [0.15, 0.2) is 24.3 Å². The topological polar surface area (TPSA) is 21.3 Å². The summed E-state index contributed by atoms with van der Waals surface area (Å²) in [6, 6.07) is 8.74. The molecule has 1 atom stereocenters. The second-order valence-corrected chi connectivity index (χ2v) is 5.59. The highest BCUT2D eigenvalue weighted by Gasteiger charge is 2.45. The Morgan fingerprint density at radius 3 is 2.88 bits per heavy atom. The first kappa shape index (κ1) is 11.5. The summed E-state index contributed by atoms with van der Waals surface area (Å²) in [5.74, 6) is 0. The molecule has 0 unspecified atom stereocenters. The molecule has 0 bridgehead atoms. The molecule has 1 aliphatic heterocycles. The van der Waals surface area contributed by atoms with Gasteiger partial charge in [-0.3, -0.25) is 0 Å². The zero-order valence-electron chi connectivity index (χ0n) is 9.92. The van der Waals surface area contributed by atoms with Gasteiger partial charge in [0.05, 0.1) is 6.61 Å². The van der Waals surface area contributed by atoms with Crippen molar-refractivity contribution in [2.24, 2.45) is 0 Å². The SMILES string of the molecule is Clc1cccc(C2(N[C@H]3CCCOC3)CC2)c1. The maximum Gasteiger partial charge on any atom is 0.0619 e. The second kappa shape index (κ2) is 4.60. The number of hydrogen-bond donors (Lipinski definition) is 1. The number of ether oxygens (including phenoxy) is 1. The molecule has 17 heavy (non-hydrogen) atoms. The van der Waals surface area contributed by atoms with E-state index >= 15 is 0 Å². The van der Waals surface area contributed by atoms with Gasteiger partial charge in [-0.25, -0.2) is 0 Å². The Morgan fingerprint density at radius 1 is 1.35 bits per heavy atom. The highest BCUT2D eigenvalue weighted by atomic mass is 35.5. The summed E-state index contributed by atoms with van der Waals surface area (Å²) in [4.78, 5) is 0. The minimum absolute atomic E-state index is 0.177. The molecule has 1 saturated carbocycles. The van der Waals surface area contributed by atoms with Gasteiger partial charge in [-0.2, -0.15) is 0 Å². The van der Waals surface area contributed by atoms with Crippen LogP contribution in [-0.4, -0.2) is 19.3 Å². The van der Waals surface area contributed by atoms with Gasteiger partial charge in [0, 0.05) is 23.2 Å². The maximum absolute atomic E-state index is 6.07. The third-order valence-electron chi connectivity index (χ3n) is 3.77. The van der Waals surface area contributed by atoms with Gasteiger partial charge in [-0.05, 0) is 43.4 Å². The third-order valence-corrected chi connectivity index (χ3v) is 4.00. The van der Waals surface area contributed by atoms with E-state index < -0.39 is 0 Å². The molecule has 2 fully saturated rings. The van der Waals surface area contributed by atoms with Gasteiger partial charge in [0.15, 0.2) is 0 Å². The first-order valence-corrected chi connectivity index (χ1v) is 6.78. The lowest BCUT2D eigenvalue weighted by molar-refractivity contribution is 0.0647. The molecule has 0 spiro atoms. The minimum Gasteiger partial charge on any atom is -0.380 e. The molecule has 3 rings (SSSR count). The maximum atomic E-state index is 6.07.